The molecule has 210 valence electrons. The number of carbonyl (C=O) groups is 1. The van der Waals surface area contributed by atoms with Gasteiger partial charge in [0.2, 0.25) is 0 Å². The van der Waals surface area contributed by atoms with Crippen molar-refractivity contribution in [1.82, 2.24) is 19.8 Å². The average molecular weight is 543 g/mol. The van der Waals surface area contributed by atoms with Crippen molar-refractivity contribution >= 4 is 23.1 Å². The number of nitrogens with one attached hydrogen (secondary N) is 1. The molecule has 9 heteroatoms. The third-order valence-electron chi connectivity index (χ3n) is 9.08. The molecule has 3 saturated heterocycles. The highest BCUT2D eigenvalue weighted by Crippen LogP contribution is 2.51. The lowest BCUT2D eigenvalue weighted by Gasteiger charge is -2.47. The Balaban J connectivity index is 1.10. The number of ether oxygens (including phenoxy) is 2. The maximum atomic E-state index is 12.1. The van der Waals surface area contributed by atoms with Crippen molar-refractivity contribution < 1.29 is 14.3 Å². The molecule has 9 nitrogen and oxygen atoms in total. The number of piperidine rings is 1. The third-order valence-corrected chi connectivity index (χ3v) is 9.08. The molecule has 2 aromatic heterocycles. The van der Waals surface area contributed by atoms with Crippen molar-refractivity contribution in [1.29, 1.82) is 0 Å². The van der Waals surface area contributed by atoms with Crippen LogP contribution in [0.4, 0.5) is 17.2 Å². The number of carbonyl (C=O) groups excluding carboxylic acids is 1. The lowest BCUT2D eigenvalue weighted by atomic mass is 9.90. The van der Waals surface area contributed by atoms with E-state index in [-0.39, 0.29) is 12.0 Å². The predicted octanol–water partition coefficient (Wildman–Crippen LogP) is 3.80. The van der Waals surface area contributed by atoms with Gasteiger partial charge in [0.05, 0.1) is 30.2 Å². The van der Waals surface area contributed by atoms with Gasteiger partial charge in [-0.1, -0.05) is 5.92 Å². The number of fused-ring (bicyclic) bond motifs is 2. The normalized spacial score (nSPS) is 23.5. The lowest BCUT2D eigenvalue weighted by molar-refractivity contribution is -0.126. The Kier molecular flexibility index (Phi) is 6.76. The van der Waals surface area contributed by atoms with Crippen LogP contribution in [0.25, 0.3) is 0 Å². The number of aromatic nitrogens is 2. The Morgan fingerprint density at radius 2 is 1.85 bits per heavy atom. The summed E-state index contributed by atoms with van der Waals surface area (Å²) >= 11 is 0. The zero-order valence-electron chi connectivity index (χ0n) is 23.5. The summed E-state index contributed by atoms with van der Waals surface area (Å²) in [5, 5.41) is 3.68. The van der Waals surface area contributed by atoms with Crippen molar-refractivity contribution in [3.8, 4) is 17.6 Å². The molecule has 7 rings (SSSR count). The van der Waals surface area contributed by atoms with Crippen molar-refractivity contribution in [2.75, 3.05) is 62.7 Å². The van der Waals surface area contributed by atoms with Crippen LogP contribution in [0.15, 0.2) is 18.3 Å². The first-order chi connectivity index (χ1) is 19.6. The Morgan fingerprint density at radius 3 is 2.58 bits per heavy atom. The number of amides is 1. The maximum Gasteiger partial charge on any atom is 0.298 e. The number of rotatable bonds is 4. The van der Waals surface area contributed by atoms with Crippen molar-refractivity contribution in [3.63, 3.8) is 0 Å². The van der Waals surface area contributed by atoms with E-state index in [1.165, 1.54) is 18.5 Å². The molecular weight excluding hydrogens is 504 g/mol. The van der Waals surface area contributed by atoms with E-state index in [4.69, 9.17) is 19.4 Å². The molecule has 0 bridgehead atoms. The summed E-state index contributed by atoms with van der Waals surface area (Å²) in [6.07, 6.45) is 6.12. The second kappa shape index (κ2) is 10.6. The molecule has 4 aliphatic heterocycles. The molecule has 1 aliphatic carbocycles. The van der Waals surface area contributed by atoms with Crippen LogP contribution in [-0.2, 0) is 9.53 Å². The Bertz CT molecular complexity index is 1340. The number of hydrogen-bond acceptors (Lipinski definition) is 8. The molecule has 1 amide bonds. The van der Waals surface area contributed by atoms with Gasteiger partial charge >= 0.3 is 0 Å². The van der Waals surface area contributed by atoms with Gasteiger partial charge in [-0.3, -0.25) is 14.7 Å². The third kappa shape index (κ3) is 4.77. The van der Waals surface area contributed by atoms with Crippen molar-refractivity contribution in [2.24, 2.45) is 0 Å². The van der Waals surface area contributed by atoms with Gasteiger partial charge in [0.1, 0.15) is 11.9 Å². The molecule has 6 heterocycles. The summed E-state index contributed by atoms with van der Waals surface area (Å²) in [4.78, 5) is 29.0. The maximum absolute atomic E-state index is 12.1. The summed E-state index contributed by atoms with van der Waals surface area (Å²) in [5.74, 6) is 8.02. The largest absolute Gasteiger partial charge is 0.482 e. The quantitative estimate of drug-likeness (QED) is 0.585. The van der Waals surface area contributed by atoms with Crippen LogP contribution in [0, 0.1) is 11.8 Å². The minimum absolute atomic E-state index is 0.0404. The molecule has 5 aliphatic rings. The molecule has 40 heavy (non-hydrogen) atoms. The molecule has 0 radical (unpaired) electrons. The minimum Gasteiger partial charge on any atom is -0.482 e. The summed E-state index contributed by atoms with van der Waals surface area (Å²) in [6.45, 7) is 10.7. The first kappa shape index (κ1) is 25.6. The van der Waals surface area contributed by atoms with Crippen LogP contribution in [0.3, 0.4) is 0 Å². The van der Waals surface area contributed by atoms with E-state index >= 15 is 0 Å². The molecule has 1 saturated carbocycles. The SMILES string of the molecule is CC#CC(=O)N1CCC(N2CC(c3cc4c(c(C5CC5)n3)O[C@H](C)c3c(N5CCOCC5)ccnc3N4)C2)CC1. The lowest BCUT2D eigenvalue weighted by Crippen LogP contribution is -2.54. The molecule has 0 aromatic carbocycles. The highest BCUT2D eigenvalue weighted by atomic mass is 16.5. The Labute approximate surface area is 236 Å². The van der Waals surface area contributed by atoms with Gasteiger partial charge < -0.3 is 24.6 Å². The fraction of sp³-hybridized carbons (Fsp3) is 0.581. The second-order valence-electron chi connectivity index (χ2n) is 11.7. The van der Waals surface area contributed by atoms with E-state index in [1.54, 1.807) is 6.92 Å². The van der Waals surface area contributed by atoms with Crippen molar-refractivity contribution in [2.45, 2.75) is 63.5 Å². The van der Waals surface area contributed by atoms with Crippen LogP contribution >= 0.6 is 0 Å². The summed E-state index contributed by atoms with van der Waals surface area (Å²) in [7, 11) is 0. The number of pyridine rings is 2. The van der Waals surface area contributed by atoms with Gasteiger partial charge in [-0.2, -0.15) is 0 Å². The molecule has 4 fully saturated rings. The van der Waals surface area contributed by atoms with E-state index in [2.05, 4.69) is 46.0 Å². The number of morpholine rings is 1. The molecule has 2 aromatic rings. The van der Waals surface area contributed by atoms with Gasteiger partial charge in [-0.15, -0.1) is 0 Å². The fourth-order valence-corrected chi connectivity index (χ4v) is 6.66. The van der Waals surface area contributed by atoms with Gasteiger partial charge in [0.15, 0.2) is 5.75 Å². The second-order valence-corrected chi connectivity index (χ2v) is 11.7. The standard InChI is InChI=1S/C31H38N6O3/c1-3-4-27(38)36-11-8-23(9-12-36)37-18-22(19-37)24-17-25-30(29(33-24)21-5-6-21)40-20(2)28-26(7-10-32-31(28)34-25)35-13-15-39-16-14-35/h7,10,17,20-23H,5-6,8-9,11-16,18-19H2,1-2H3,(H,32,34)/t20-/m1/s1. The van der Waals surface area contributed by atoms with Gasteiger partial charge in [-0.25, -0.2) is 4.98 Å². The van der Waals surface area contributed by atoms with Gasteiger partial charge in [0.25, 0.3) is 5.91 Å². The van der Waals surface area contributed by atoms with E-state index in [9.17, 15) is 4.79 Å². The summed E-state index contributed by atoms with van der Waals surface area (Å²) in [5.41, 5.74) is 5.53. The average Bonchev–Trinajstić information content (AvgIpc) is 3.80. The molecule has 1 N–H and O–H groups in total. The molecule has 1 atom stereocenters. The van der Waals surface area contributed by atoms with Gasteiger partial charge in [-0.05, 0) is 57.6 Å². The van der Waals surface area contributed by atoms with E-state index in [0.717, 1.165) is 99.5 Å². The zero-order chi connectivity index (χ0) is 27.2. The smallest absolute Gasteiger partial charge is 0.298 e. The zero-order valence-corrected chi connectivity index (χ0v) is 23.5. The van der Waals surface area contributed by atoms with E-state index in [0.29, 0.717) is 17.9 Å². The highest BCUT2D eigenvalue weighted by molar-refractivity contribution is 5.93. The van der Waals surface area contributed by atoms with Crippen LogP contribution in [0.5, 0.6) is 5.75 Å². The van der Waals surface area contributed by atoms with Crippen molar-refractivity contribution in [3.05, 3.63) is 35.3 Å². The number of nitrogens with zero attached hydrogens (tertiary/aromatic N) is 5. The highest BCUT2D eigenvalue weighted by Gasteiger charge is 2.39. The molecule has 0 spiro atoms. The van der Waals surface area contributed by atoms with E-state index < -0.39 is 0 Å². The van der Waals surface area contributed by atoms with Crippen LogP contribution < -0.4 is 15.0 Å². The number of likely N-dealkylation sites (tertiary alicyclic amines) is 2. The Hall–Kier alpha value is -3.35. The van der Waals surface area contributed by atoms with Gasteiger partial charge in [0, 0.05) is 74.7 Å². The first-order valence-electron chi connectivity index (χ1n) is 14.8. The molecular formula is C31H38N6O3. The Morgan fingerprint density at radius 1 is 1.07 bits per heavy atom. The molecule has 0 unspecified atom stereocenters. The topological polar surface area (TPSA) is 83.1 Å². The van der Waals surface area contributed by atoms with E-state index in [1.807, 2.05) is 11.1 Å². The monoisotopic (exact) mass is 542 g/mol. The van der Waals surface area contributed by atoms with Crippen LogP contribution in [-0.4, -0.2) is 84.2 Å². The first-order valence-corrected chi connectivity index (χ1v) is 14.8. The number of hydrogen-bond donors (Lipinski definition) is 1. The summed E-state index contributed by atoms with van der Waals surface area (Å²) in [6, 6.07) is 4.84. The summed E-state index contributed by atoms with van der Waals surface area (Å²) < 4.78 is 12.3. The predicted molar refractivity (Wildman–Crippen MR) is 153 cm³/mol. The number of anilines is 3. The fourth-order valence-electron chi connectivity index (χ4n) is 6.66. The van der Waals surface area contributed by atoms with Crippen LogP contribution in [0.1, 0.15) is 74.4 Å². The van der Waals surface area contributed by atoms with Crippen LogP contribution in [0.2, 0.25) is 0 Å². The minimum atomic E-state index is -0.138.